The average Bonchev–Trinajstić information content (AvgIpc) is 2.49. The molecular weight excluding hydrogens is 288 g/mol. The van der Waals surface area contributed by atoms with Crippen LogP contribution in [0.25, 0.3) is 0 Å². The molecule has 0 aliphatic carbocycles. The number of aliphatic carboxylic acids is 2. The van der Waals surface area contributed by atoms with Gasteiger partial charge in [0.15, 0.2) is 17.6 Å². The first-order valence-corrected chi connectivity index (χ1v) is 6.33. The summed E-state index contributed by atoms with van der Waals surface area (Å²) in [6, 6.07) is 8.94. The highest BCUT2D eigenvalue weighted by Crippen LogP contribution is 2.25. The molecule has 2 aromatic rings. The third kappa shape index (κ3) is 3.14. The number of carboxylic acid groups (broad SMARTS) is 2. The molecule has 7 heteroatoms. The van der Waals surface area contributed by atoms with E-state index in [-0.39, 0.29) is 11.4 Å². The van der Waals surface area contributed by atoms with Crippen molar-refractivity contribution in [3.8, 4) is 0 Å². The number of aromatic nitrogens is 2. The summed E-state index contributed by atoms with van der Waals surface area (Å²) in [7, 11) is 0. The summed E-state index contributed by atoms with van der Waals surface area (Å²) in [5.74, 6) is -7.22. The van der Waals surface area contributed by atoms with Gasteiger partial charge in [-0.3, -0.25) is 24.4 Å². The van der Waals surface area contributed by atoms with Crippen molar-refractivity contribution in [2.24, 2.45) is 0 Å². The van der Waals surface area contributed by atoms with Crippen molar-refractivity contribution in [3.05, 3.63) is 60.2 Å². The molecule has 0 aliphatic rings. The molecule has 0 aromatic carbocycles. The highest BCUT2D eigenvalue weighted by atomic mass is 16.4. The molecule has 2 N–H and O–H groups in total. The van der Waals surface area contributed by atoms with Crippen LogP contribution in [0, 0.1) is 0 Å². The van der Waals surface area contributed by atoms with Crippen molar-refractivity contribution in [2.75, 3.05) is 0 Å². The van der Waals surface area contributed by atoms with Gasteiger partial charge in [-0.1, -0.05) is 12.1 Å². The van der Waals surface area contributed by atoms with Crippen LogP contribution in [-0.4, -0.2) is 37.9 Å². The van der Waals surface area contributed by atoms with Crippen LogP contribution in [-0.2, 0) is 14.4 Å². The second-order valence-electron chi connectivity index (χ2n) is 4.45. The summed E-state index contributed by atoms with van der Waals surface area (Å²) in [6.07, 6.45) is 2.68. The minimum atomic E-state index is -1.66. The van der Waals surface area contributed by atoms with Crippen molar-refractivity contribution in [2.45, 2.75) is 11.8 Å². The molecular formula is C15H12N2O5. The first-order chi connectivity index (χ1) is 10.5. The Morgan fingerprint density at radius 3 is 1.45 bits per heavy atom. The third-order valence-corrected chi connectivity index (χ3v) is 3.03. The van der Waals surface area contributed by atoms with E-state index < -0.39 is 29.6 Å². The Labute approximate surface area is 125 Å². The number of carboxylic acids is 2. The lowest BCUT2D eigenvalue weighted by atomic mass is 9.87. The molecule has 2 atom stereocenters. The Balaban J connectivity index is 2.45. The number of pyridine rings is 2. The zero-order valence-corrected chi connectivity index (χ0v) is 11.3. The van der Waals surface area contributed by atoms with E-state index in [1.807, 2.05) is 0 Å². The molecule has 0 saturated heterocycles. The van der Waals surface area contributed by atoms with Crippen LogP contribution < -0.4 is 0 Å². The van der Waals surface area contributed by atoms with Gasteiger partial charge in [0.1, 0.15) is 0 Å². The van der Waals surface area contributed by atoms with Crippen molar-refractivity contribution >= 4 is 17.7 Å². The van der Waals surface area contributed by atoms with Gasteiger partial charge in [0.25, 0.3) is 0 Å². The van der Waals surface area contributed by atoms with Crippen LogP contribution in [0.1, 0.15) is 23.2 Å². The van der Waals surface area contributed by atoms with Gasteiger partial charge in [-0.2, -0.15) is 0 Å². The maximum atomic E-state index is 12.5. The van der Waals surface area contributed by atoms with Gasteiger partial charge < -0.3 is 10.2 Å². The summed E-state index contributed by atoms with van der Waals surface area (Å²) in [5, 5.41) is 18.6. The minimum Gasteiger partial charge on any atom is -0.480 e. The first-order valence-electron chi connectivity index (χ1n) is 6.33. The van der Waals surface area contributed by atoms with Crippen LogP contribution in [0.15, 0.2) is 48.8 Å². The maximum Gasteiger partial charge on any atom is 0.320 e. The second kappa shape index (κ2) is 6.57. The van der Waals surface area contributed by atoms with Crippen LogP contribution in [0.3, 0.4) is 0 Å². The van der Waals surface area contributed by atoms with E-state index in [2.05, 4.69) is 9.97 Å². The summed E-state index contributed by atoms with van der Waals surface area (Å²) in [5.41, 5.74) is -0.0237. The smallest absolute Gasteiger partial charge is 0.320 e. The molecule has 0 saturated carbocycles. The molecule has 7 nitrogen and oxygen atoms in total. The Morgan fingerprint density at radius 2 is 1.18 bits per heavy atom. The van der Waals surface area contributed by atoms with Crippen molar-refractivity contribution in [1.82, 2.24) is 9.97 Å². The standard InChI is InChI=1S/C15H12N2O5/c18-13(11(14(19)20)9-5-1-3-7-16-9)12(15(21)22)10-6-2-4-8-17-10/h1-8,11-12H,(H,19,20)(H,21,22). The zero-order valence-electron chi connectivity index (χ0n) is 11.3. The van der Waals surface area contributed by atoms with Gasteiger partial charge in [0.2, 0.25) is 0 Å². The van der Waals surface area contributed by atoms with Crippen molar-refractivity contribution in [1.29, 1.82) is 0 Å². The largest absolute Gasteiger partial charge is 0.480 e. The van der Waals surface area contributed by atoms with Gasteiger partial charge in [-0.25, -0.2) is 0 Å². The van der Waals surface area contributed by atoms with Gasteiger partial charge in [0, 0.05) is 12.4 Å². The molecule has 0 spiro atoms. The van der Waals surface area contributed by atoms with E-state index in [9.17, 15) is 24.6 Å². The number of ketones is 1. The van der Waals surface area contributed by atoms with Crippen molar-refractivity contribution < 1.29 is 24.6 Å². The zero-order chi connectivity index (χ0) is 16.1. The molecule has 22 heavy (non-hydrogen) atoms. The van der Waals surface area contributed by atoms with Crippen LogP contribution in [0.4, 0.5) is 0 Å². The van der Waals surface area contributed by atoms with E-state index in [4.69, 9.17) is 0 Å². The molecule has 2 aromatic heterocycles. The second-order valence-corrected chi connectivity index (χ2v) is 4.45. The predicted molar refractivity (Wildman–Crippen MR) is 74.2 cm³/mol. The molecule has 2 unspecified atom stereocenters. The molecule has 2 rings (SSSR count). The minimum absolute atomic E-state index is 0.0119. The van der Waals surface area contributed by atoms with Gasteiger partial charge in [-0.15, -0.1) is 0 Å². The fraction of sp³-hybridized carbons (Fsp3) is 0.133. The summed E-state index contributed by atoms with van der Waals surface area (Å²) >= 11 is 0. The van der Waals surface area contributed by atoms with E-state index in [0.717, 1.165) is 0 Å². The Morgan fingerprint density at radius 1 is 0.773 bits per heavy atom. The highest BCUT2D eigenvalue weighted by molar-refractivity contribution is 6.14. The fourth-order valence-electron chi connectivity index (χ4n) is 2.05. The lowest BCUT2D eigenvalue weighted by molar-refractivity contribution is -0.146. The van der Waals surface area contributed by atoms with E-state index >= 15 is 0 Å². The molecule has 0 amide bonds. The quantitative estimate of drug-likeness (QED) is 0.766. The molecule has 2 heterocycles. The molecule has 0 fully saturated rings. The number of Topliss-reactive ketones (excluding diaryl/α,β-unsaturated/α-hetero) is 1. The number of hydrogen-bond donors (Lipinski definition) is 2. The van der Waals surface area contributed by atoms with E-state index in [1.165, 1.54) is 36.7 Å². The summed E-state index contributed by atoms with van der Waals surface area (Å²) in [6.45, 7) is 0. The highest BCUT2D eigenvalue weighted by Gasteiger charge is 2.39. The van der Waals surface area contributed by atoms with E-state index in [1.54, 1.807) is 12.1 Å². The van der Waals surface area contributed by atoms with Crippen LogP contribution in [0.5, 0.6) is 0 Å². The van der Waals surface area contributed by atoms with E-state index in [0.29, 0.717) is 0 Å². The van der Waals surface area contributed by atoms with Gasteiger partial charge >= 0.3 is 11.9 Å². The number of carbonyl (C=O) groups excluding carboxylic acids is 1. The lowest BCUT2D eigenvalue weighted by Crippen LogP contribution is -2.32. The number of carbonyl (C=O) groups is 3. The summed E-state index contributed by atoms with van der Waals surface area (Å²) in [4.78, 5) is 43.0. The average molecular weight is 300 g/mol. The van der Waals surface area contributed by atoms with Crippen LogP contribution in [0.2, 0.25) is 0 Å². The number of rotatable bonds is 6. The Bertz CT molecular complexity index is 628. The predicted octanol–water partition coefficient (Wildman–Crippen LogP) is 1.08. The molecule has 0 radical (unpaired) electrons. The molecule has 0 bridgehead atoms. The number of nitrogens with zero attached hydrogens (tertiary/aromatic N) is 2. The number of hydrogen-bond acceptors (Lipinski definition) is 5. The first kappa shape index (κ1) is 15.3. The van der Waals surface area contributed by atoms with Crippen LogP contribution >= 0.6 is 0 Å². The fourth-order valence-corrected chi connectivity index (χ4v) is 2.05. The normalized spacial score (nSPS) is 13.1. The van der Waals surface area contributed by atoms with Gasteiger partial charge in [0.05, 0.1) is 11.4 Å². The monoisotopic (exact) mass is 300 g/mol. The van der Waals surface area contributed by atoms with Gasteiger partial charge in [-0.05, 0) is 24.3 Å². The molecule has 112 valence electrons. The Hall–Kier alpha value is -3.09. The summed E-state index contributed by atoms with van der Waals surface area (Å²) < 4.78 is 0. The SMILES string of the molecule is O=C(O)C(C(=O)C(C(=O)O)c1ccccn1)c1ccccn1. The molecule has 0 aliphatic heterocycles. The Kier molecular flexibility index (Phi) is 4.57. The maximum absolute atomic E-state index is 12.5. The lowest BCUT2D eigenvalue weighted by Gasteiger charge is -2.16. The topological polar surface area (TPSA) is 117 Å². The van der Waals surface area contributed by atoms with Crippen molar-refractivity contribution in [3.63, 3.8) is 0 Å². The third-order valence-electron chi connectivity index (χ3n) is 3.03.